The van der Waals surface area contributed by atoms with Crippen LogP contribution in [0.2, 0.25) is 0 Å². The second-order valence-electron chi connectivity index (χ2n) is 31.6. The van der Waals surface area contributed by atoms with Crippen molar-refractivity contribution in [3.63, 3.8) is 0 Å². The fraction of sp³-hybridized carbons (Fsp3) is 0.952. The Bertz CT molecular complexity index is 1990. The summed E-state index contributed by atoms with van der Waals surface area (Å²) in [6, 6.07) is 0. The van der Waals surface area contributed by atoms with E-state index < -0.39 is 97.5 Å². The molecule has 0 rings (SSSR count). The van der Waals surface area contributed by atoms with Crippen LogP contribution in [0.1, 0.15) is 440 Å². The molecule has 0 aromatic heterocycles. The van der Waals surface area contributed by atoms with Crippen LogP contribution < -0.4 is 0 Å². The number of rotatable bonds is 82. The van der Waals surface area contributed by atoms with E-state index in [9.17, 15) is 43.2 Å². The second kappa shape index (κ2) is 74.2. The molecule has 0 heterocycles. The van der Waals surface area contributed by atoms with Gasteiger partial charge in [-0.25, -0.2) is 9.13 Å². The first-order valence-electron chi connectivity index (χ1n) is 43.3. The zero-order valence-corrected chi connectivity index (χ0v) is 69.6. The van der Waals surface area contributed by atoms with E-state index in [-0.39, 0.29) is 25.7 Å². The summed E-state index contributed by atoms with van der Waals surface area (Å²) in [6.45, 7) is 12.0. The van der Waals surface area contributed by atoms with Crippen molar-refractivity contribution in [1.29, 1.82) is 0 Å². The predicted molar refractivity (Wildman–Crippen MR) is 423 cm³/mol. The Morgan fingerprint density at radius 1 is 0.262 bits per heavy atom. The number of phosphoric acid groups is 2. The minimum absolute atomic E-state index is 0.108. The Hall–Kier alpha value is -1.94. The van der Waals surface area contributed by atoms with Gasteiger partial charge in [-0.05, 0) is 43.4 Å². The van der Waals surface area contributed by atoms with Crippen molar-refractivity contribution in [2.45, 2.75) is 458 Å². The molecule has 0 aliphatic carbocycles. The number of carbonyl (C=O) groups excluding carboxylic acids is 4. The van der Waals surface area contributed by atoms with Crippen LogP contribution in [0.15, 0.2) is 0 Å². The van der Waals surface area contributed by atoms with Crippen LogP contribution in [0.4, 0.5) is 0 Å². The zero-order chi connectivity index (χ0) is 75.8. The van der Waals surface area contributed by atoms with E-state index in [2.05, 4.69) is 48.5 Å². The Morgan fingerprint density at radius 2 is 0.447 bits per heavy atom. The SMILES string of the molecule is CCCCCCCCCCCCC(=O)OC[C@H](COP(=O)(O)OC[C@H](O)COP(=O)(O)OC[C@@H](COC(=O)CCCCCCCCCCCCCCCCC(C)C)OC(=O)CCCCCCCCCCCCCCCCCCC(C)C)OC(=O)CCCCCCCCCCCCCCCCC(C)C. The van der Waals surface area contributed by atoms with Crippen molar-refractivity contribution in [2.24, 2.45) is 17.8 Å². The molecule has 0 radical (unpaired) electrons. The highest BCUT2D eigenvalue weighted by atomic mass is 31.2. The molecule has 0 fully saturated rings. The van der Waals surface area contributed by atoms with Gasteiger partial charge in [0.15, 0.2) is 12.2 Å². The van der Waals surface area contributed by atoms with Crippen LogP contribution in [-0.4, -0.2) is 96.7 Å². The molecule has 0 saturated heterocycles. The van der Waals surface area contributed by atoms with Crippen LogP contribution in [0.25, 0.3) is 0 Å². The van der Waals surface area contributed by atoms with Gasteiger partial charge in [0.05, 0.1) is 26.4 Å². The molecule has 0 amide bonds. The summed E-state index contributed by atoms with van der Waals surface area (Å²) < 4.78 is 68.8. The van der Waals surface area contributed by atoms with Crippen molar-refractivity contribution < 1.29 is 80.2 Å². The van der Waals surface area contributed by atoms with E-state index in [1.807, 2.05) is 0 Å². The van der Waals surface area contributed by atoms with Gasteiger partial charge in [0.1, 0.15) is 19.3 Å². The summed E-state index contributed by atoms with van der Waals surface area (Å²) in [5.41, 5.74) is 0. The maximum Gasteiger partial charge on any atom is 0.472 e. The first-order chi connectivity index (χ1) is 49.7. The Morgan fingerprint density at radius 3 is 0.660 bits per heavy atom. The first-order valence-corrected chi connectivity index (χ1v) is 46.3. The van der Waals surface area contributed by atoms with Gasteiger partial charge >= 0.3 is 39.5 Å². The van der Waals surface area contributed by atoms with Crippen LogP contribution in [0, 0.1) is 17.8 Å². The molecule has 0 saturated carbocycles. The normalized spacial score (nSPS) is 13.9. The molecule has 612 valence electrons. The quantitative estimate of drug-likeness (QED) is 0.0222. The summed E-state index contributed by atoms with van der Waals surface area (Å²) >= 11 is 0. The standard InChI is InChI=1S/C84H164O17P2/c1-8-9-10-11-12-13-37-44-51-58-65-81(86)94-71-79(100-84(89)68-61-54-47-40-33-27-21-19-24-30-36-43-50-57-64-77(6)7)73-98-102(90,91)96-69-78(85)70-97-103(92,93)99-74-80(72-95-82(87)66-59-52-45-38-31-25-20-18-23-29-35-42-49-56-63-76(4)5)101-83(88)67-60-53-46-39-32-26-17-15-14-16-22-28-34-41-48-55-62-75(2)3/h75-80,85H,8-74H2,1-7H3,(H,90,91)(H,92,93)/t78-,79+,80+/m0/s1. The van der Waals surface area contributed by atoms with Gasteiger partial charge in [0, 0.05) is 25.7 Å². The van der Waals surface area contributed by atoms with Crippen molar-refractivity contribution in [1.82, 2.24) is 0 Å². The highest BCUT2D eigenvalue weighted by Gasteiger charge is 2.30. The fourth-order valence-corrected chi connectivity index (χ4v) is 14.6. The molecule has 0 aromatic carbocycles. The highest BCUT2D eigenvalue weighted by molar-refractivity contribution is 7.47. The van der Waals surface area contributed by atoms with Gasteiger partial charge < -0.3 is 33.8 Å². The van der Waals surface area contributed by atoms with Gasteiger partial charge in [0.25, 0.3) is 0 Å². The monoisotopic (exact) mass is 1510 g/mol. The summed E-state index contributed by atoms with van der Waals surface area (Å²) in [6.07, 6.45) is 63.7. The smallest absolute Gasteiger partial charge is 0.462 e. The van der Waals surface area contributed by atoms with Gasteiger partial charge in [-0.3, -0.25) is 37.3 Å². The third kappa shape index (κ3) is 78.0. The van der Waals surface area contributed by atoms with Gasteiger partial charge in [-0.15, -0.1) is 0 Å². The van der Waals surface area contributed by atoms with Gasteiger partial charge in [-0.1, -0.05) is 389 Å². The summed E-state index contributed by atoms with van der Waals surface area (Å²) in [4.78, 5) is 73.1. The number of aliphatic hydroxyl groups is 1. The average molecular weight is 1510 g/mol. The lowest BCUT2D eigenvalue weighted by molar-refractivity contribution is -0.161. The average Bonchev–Trinajstić information content (AvgIpc) is 0.909. The Balaban J connectivity index is 5.24. The number of phosphoric ester groups is 2. The van der Waals surface area contributed by atoms with Gasteiger partial charge in [-0.2, -0.15) is 0 Å². The number of esters is 4. The van der Waals surface area contributed by atoms with E-state index in [0.29, 0.717) is 25.7 Å². The van der Waals surface area contributed by atoms with Crippen molar-refractivity contribution in [2.75, 3.05) is 39.6 Å². The molecule has 0 bridgehead atoms. The maximum absolute atomic E-state index is 13.1. The number of aliphatic hydroxyl groups excluding tert-OH is 1. The lowest BCUT2D eigenvalue weighted by atomic mass is 10.0. The number of carbonyl (C=O) groups is 4. The molecule has 0 aliphatic heterocycles. The van der Waals surface area contributed by atoms with E-state index in [1.54, 1.807) is 0 Å². The third-order valence-corrected chi connectivity index (χ3v) is 21.5. The van der Waals surface area contributed by atoms with E-state index in [0.717, 1.165) is 108 Å². The lowest BCUT2D eigenvalue weighted by Gasteiger charge is -2.21. The number of unbranched alkanes of at least 4 members (excludes halogenated alkanes) is 50. The zero-order valence-electron chi connectivity index (χ0n) is 67.8. The van der Waals surface area contributed by atoms with Crippen LogP contribution in [0.3, 0.4) is 0 Å². The molecule has 0 aliphatic rings. The topological polar surface area (TPSA) is 237 Å². The Kier molecular flexibility index (Phi) is 72.8. The molecule has 5 atom stereocenters. The largest absolute Gasteiger partial charge is 0.472 e. The van der Waals surface area contributed by atoms with Gasteiger partial charge in [0.2, 0.25) is 0 Å². The number of hydrogen-bond donors (Lipinski definition) is 3. The molecular formula is C84H164O17P2. The maximum atomic E-state index is 13.1. The Labute approximate surface area is 632 Å². The van der Waals surface area contributed by atoms with E-state index >= 15 is 0 Å². The van der Waals surface area contributed by atoms with Crippen LogP contribution in [0.5, 0.6) is 0 Å². The van der Waals surface area contributed by atoms with Crippen LogP contribution in [-0.2, 0) is 65.4 Å². The third-order valence-electron chi connectivity index (χ3n) is 19.6. The number of hydrogen-bond acceptors (Lipinski definition) is 15. The molecular weight excluding hydrogens is 1340 g/mol. The molecule has 0 aromatic rings. The minimum atomic E-state index is -4.96. The molecule has 103 heavy (non-hydrogen) atoms. The molecule has 19 heteroatoms. The first kappa shape index (κ1) is 101. The summed E-state index contributed by atoms with van der Waals surface area (Å²) in [7, 11) is -9.92. The van der Waals surface area contributed by atoms with Crippen molar-refractivity contribution in [3.05, 3.63) is 0 Å². The number of ether oxygens (including phenoxy) is 4. The second-order valence-corrected chi connectivity index (χ2v) is 34.6. The molecule has 2 unspecified atom stereocenters. The minimum Gasteiger partial charge on any atom is -0.462 e. The molecule has 17 nitrogen and oxygen atoms in total. The lowest BCUT2D eigenvalue weighted by Crippen LogP contribution is -2.30. The van der Waals surface area contributed by atoms with Crippen molar-refractivity contribution in [3.8, 4) is 0 Å². The van der Waals surface area contributed by atoms with E-state index in [1.165, 1.54) is 250 Å². The predicted octanol–water partition coefficient (Wildman–Crippen LogP) is 25.3. The molecule has 3 N–H and O–H groups in total. The molecule has 0 spiro atoms. The van der Waals surface area contributed by atoms with Crippen LogP contribution >= 0.6 is 15.6 Å². The summed E-state index contributed by atoms with van der Waals surface area (Å²) in [5.74, 6) is 0.298. The van der Waals surface area contributed by atoms with E-state index in [4.69, 9.17) is 37.0 Å². The summed E-state index contributed by atoms with van der Waals surface area (Å²) in [5, 5.41) is 10.7. The fourth-order valence-electron chi connectivity index (χ4n) is 13.0. The highest BCUT2D eigenvalue weighted by Crippen LogP contribution is 2.45. The van der Waals surface area contributed by atoms with Crippen molar-refractivity contribution >= 4 is 39.5 Å².